The Labute approximate surface area is 133 Å². The minimum atomic E-state index is -0.379. The van der Waals surface area contributed by atoms with Gasteiger partial charge in [-0.2, -0.15) is 0 Å². The highest BCUT2D eigenvalue weighted by Gasteiger charge is 2.34. The minimum Gasteiger partial charge on any atom is -0.467 e. The molecule has 2 N–H and O–H groups in total. The summed E-state index contributed by atoms with van der Waals surface area (Å²) in [5.74, 6) is 0.0892. The van der Waals surface area contributed by atoms with Gasteiger partial charge in [0.2, 0.25) is 11.8 Å². The summed E-state index contributed by atoms with van der Waals surface area (Å²) >= 11 is 0. The van der Waals surface area contributed by atoms with Crippen molar-refractivity contribution in [2.24, 2.45) is 5.92 Å². The average Bonchev–Trinajstić information content (AvgIpc) is 3.18. The Kier molecular flexibility index (Phi) is 4.43. The summed E-state index contributed by atoms with van der Waals surface area (Å²) in [6.07, 6.45) is 1.76. The monoisotopic (exact) mass is 314 g/mol. The largest absolute Gasteiger partial charge is 0.467 e. The molecule has 0 radical (unpaired) electrons. The van der Waals surface area contributed by atoms with Crippen LogP contribution in [0.15, 0.2) is 47.1 Å². The number of carbonyl (C=O) groups excluding carboxylic acids is 2. The predicted molar refractivity (Wildman–Crippen MR) is 83.2 cm³/mol. The van der Waals surface area contributed by atoms with E-state index in [0.717, 1.165) is 5.56 Å². The van der Waals surface area contributed by atoms with E-state index in [1.54, 1.807) is 47.6 Å². The van der Waals surface area contributed by atoms with Crippen LogP contribution in [0.25, 0.3) is 0 Å². The molecular weight excluding hydrogens is 296 g/mol. The molecule has 1 fully saturated rings. The molecule has 120 valence electrons. The number of amides is 2. The van der Waals surface area contributed by atoms with Crippen LogP contribution < -0.4 is 5.32 Å². The summed E-state index contributed by atoms with van der Waals surface area (Å²) in [6, 6.07) is 10.6. The van der Waals surface area contributed by atoms with Crippen molar-refractivity contribution in [1.82, 2.24) is 4.90 Å². The molecule has 1 aromatic heterocycles. The maximum absolute atomic E-state index is 12.3. The van der Waals surface area contributed by atoms with Crippen molar-refractivity contribution >= 4 is 17.5 Å². The zero-order valence-electron chi connectivity index (χ0n) is 12.6. The molecule has 0 aliphatic carbocycles. The summed E-state index contributed by atoms with van der Waals surface area (Å²) < 4.78 is 5.24. The Morgan fingerprint density at radius 1 is 1.35 bits per heavy atom. The highest BCUT2D eigenvalue weighted by atomic mass is 16.3. The number of benzene rings is 1. The first-order valence-electron chi connectivity index (χ1n) is 7.46. The maximum Gasteiger partial charge on any atom is 0.229 e. The minimum absolute atomic E-state index is 0.0503. The van der Waals surface area contributed by atoms with Gasteiger partial charge >= 0.3 is 0 Å². The van der Waals surface area contributed by atoms with Crippen molar-refractivity contribution in [2.75, 3.05) is 11.9 Å². The average molecular weight is 314 g/mol. The number of aliphatic hydroxyl groups excluding tert-OH is 1. The lowest BCUT2D eigenvalue weighted by atomic mass is 10.1. The third kappa shape index (κ3) is 3.60. The van der Waals surface area contributed by atoms with Crippen LogP contribution in [0.2, 0.25) is 0 Å². The van der Waals surface area contributed by atoms with Crippen molar-refractivity contribution in [3.05, 3.63) is 54.0 Å². The Balaban J connectivity index is 1.61. The molecule has 0 bridgehead atoms. The topological polar surface area (TPSA) is 82.8 Å². The molecule has 2 heterocycles. The first kappa shape index (κ1) is 15.3. The van der Waals surface area contributed by atoms with Crippen molar-refractivity contribution in [1.29, 1.82) is 0 Å². The highest BCUT2D eigenvalue weighted by Crippen LogP contribution is 2.22. The number of anilines is 1. The summed E-state index contributed by atoms with van der Waals surface area (Å²) in [6.45, 7) is 0.684. The first-order valence-corrected chi connectivity index (χ1v) is 7.46. The third-order valence-electron chi connectivity index (χ3n) is 3.89. The lowest BCUT2D eigenvalue weighted by molar-refractivity contribution is -0.128. The van der Waals surface area contributed by atoms with Crippen LogP contribution in [-0.2, 0) is 22.7 Å². The Bertz CT molecular complexity index is 696. The van der Waals surface area contributed by atoms with E-state index in [0.29, 0.717) is 24.5 Å². The molecular formula is C17H18N2O4. The fraction of sp³-hybridized carbons (Fsp3) is 0.294. The van der Waals surface area contributed by atoms with E-state index < -0.39 is 0 Å². The molecule has 1 aromatic carbocycles. The number of rotatable bonds is 5. The Morgan fingerprint density at radius 3 is 2.96 bits per heavy atom. The third-order valence-corrected chi connectivity index (χ3v) is 3.89. The van der Waals surface area contributed by atoms with Crippen molar-refractivity contribution in [3.8, 4) is 0 Å². The molecule has 23 heavy (non-hydrogen) atoms. The molecule has 2 aromatic rings. The number of hydrogen-bond acceptors (Lipinski definition) is 4. The number of likely N-dealkylation sites (tertiary alicyclic amines) is 1. The highest BCUT2D eigenvalue weighted by molar-refractivity contribution is 5.97. The Morgan fingerprint density at radius 2 is 2.22 bits per heavy atom. The van der Waals surface area contributed by atoms with Crippen molar-refractivity contribution in [2.45, 2.75) is 19.6 Å². The second-order valence-electron chi connectivity index (χ2n) is 5.60. The van der Waals surface area contributed by atoms with Gasteiger partial charge in [-0.25, -0.2) is 0 Å². The normalized spacial score (nSPS) is 17.5. The van der Waals surface area contributed by atoms with Gasteiger partial charge in [0.1, 0.15) is 5.76 Å². The fourth-order valence-corrected chi connectivity index (χ4v) is 2.68. The van der Waals surface area contributed by atoms with Crippen molar-refractivity contribution < 1.29 is 19.1 Å². The molecule has 6 nitrogen and oxygen atoms in total. The van der Waals surface area contributed by atoms with Gasteiger partial charge in [0.15, 0.2) is 0 Å². The molecule has 3 rings (SSSR count). The molecule has 1 unspecified atom stereocenters. The standard InChI is InChI=1S/C17H18N2O4/c20-11-12-3-1-4-14(7-12)18-17(22)13-8-16(21)19(9-13)10-15-5-2-6-23-15/h1-7,13,20H,8-11H2,(H,18,22). The molecule has 2 amide bonds. The number of nitrogens with zero attached hydrogens (tertiary/aromatic N) is 1. The van der Waals surface area contributed by atoms with Crippen LogP contribution in [0.3, 0.4) is 0 Å². The summed E-state index contributed by atoms with van der Waals surface area (Å²) in [7, 11) is 0. The molecule has 0 saturated carbocycles. The summed E-state index contributed by atoms with van der Waals surface area (Å²) in [4.78, 5) is 26.0. The van der Waals surface area contributed by atoms with Gasteiger partial charge in [0, 0.05) is 18.7 Å². The van der Waals surface area contributed by atoms with Crippen molar-refractivity contribution in [3.63, 3.8) is 0 Å². The zero-order valence-corrected chi connectivity index (χ0v) is 12.6. The van der Waals surface area contributed by atoms with E-state index in [1.807, 2.05) is 0 Å². The van der Waals surface area contributed by atoms with Gasteiger partial charge in [0.05, 0.1) is 25.3 Å². The molecule has 0 spiro atoms. The van der Waals surface area contributed by atoms with E-state index in [2.05, 4.69) is 5.32 Å². The number of nitrogens with one attached hydrogen (secondary N) is 1. The summed E-state index contributed by atoms with van der Waals surface area (Å²) in [5, 5.41) is 11.9. The summed E-state index contributed by atoms with van der Waals surface area (Å²) in [5.41, 5.74) is 1.35. The first-order chi connectivity index (χ1) is 11.2. The van der Waals surface area contributed by atoms with E-state index in [9.17, 15) is 9.59 Å². The number of furan rings is 1. The SMILES string of the molecule is O=C(Nc1cccc(CO)c1)C1CC(=O)N(Cc2ccco2)C1. The van der Waals surface area contributed by atoms with Crippen LogP contribution in [-0.4, -0.2) is 28.4 Å². The number of carbonyl (C=O) groups is 2. The van der Waals surface area contributed by atoms with Gasteiger partial charge in [-0.05, 0) is 29.8 Å². The Hall–Kier alpha value is -2.60. The van der Waals surface area contributed by atoms with Crippen LogP contribution in [0.1, 0.15) is 17.7 Å². The van der Waals surface area contributed by atoms with Gasteiger partial charge < -0.3 is 19.7 Å². The maximum atomic E-state index is 12.3. The quantitative estimate of drug-likeness (QED) is 0.881. The predicted octanol–water partition coefficient (Wildman–Crippen LogP) is 1.76. The van der Waals surface area contributed by atoms with Gasteiger partial charge in [0.25, 0.3) is 0 Å². The lowest BCUT2D eigenvalue weighted by Gasteiger charge is -2.15. The molecule has 1 saturated heterocycles. The smallest absolute Gasteiger partial charge is 0.229 e. The van der Waals surface area contributed by atoms with Gasteiger partial charge in [-0.1, -0.05) is 12.1 Å². The second kappa shape index (κ2) is 6.66. The second-order valence-corrected chi connectivity index (χ2v) is 5.60. The van der Waals surface area contributed by atoms with E-state index >= 15 is 0 Å². The molecule has 1 atom stereocenters. The van der Waals surface area contributed by atoms with Crippen LogP contribution in [0.5, 0.6) is 0 Å². The van der Waals surface area contributed by atoms with E-state index in [4.69, 9.17) is 9.52 Å². The molecule has 1 aliphatic rings. The molecule has 6 heteroatoms. The van der Waals surface area contributed by atoms with E-state index in [1.165, 1.54) is 0 Å². The molecule has 1 aliphatic heterocycles. The number of aliphatic hydroxyl groups is 1. The van der Waals surface area contributed by atoms with Crippen LogP contribution in [0, 0.1) is 5.92 Å². The zero-order chi connectivity index (χ0) is 16.2. The van der Waals surface area contributed by atoms with Gasteiger partial charge in [-0.15, -0.1) is 0 Å². The number of hydrogen-bond donors (Lipinski definition) is 2. The van der Waals surface area contributed by atoms with Crippen LogP contribution in [0.4, 0.5) is 5.69 Å². The lowest BCUT2D eigenvalue weighted by Crippen LogP contribution is -2.27. The van der Waals surface area contributed by atoms with Crippen LogP contribution >= 0.6 is 0 Å². The van der Waals surface area contributed by atoms with E-state index in [-0.39, 0.29) is 30.8 Å². The fourth-order valence-electron chi connectivity index (χ4n) is 2.68. The van der Waals surface area contributed by atoms with Gasteiger partial charge in [-0.3, -0.25) is 9.59 Å².